The highest BCUT2D eigenvalue weighted by molar-refractivity contribution is 6.62. The Labute approximate surface area is 174 Å². The Morgan fingerprint density at radius 3 is 2.21 bits per heavy atom. The zero-order valence-electron chi connectivity index (χ0n) is 19.0. The second-order valence-corrected chi connectivity index (χ2v) is 10.4. The molecular weight excluding hydrogens is 369 g/mol. The number of carbonyl (C=O) groups is 1. The Bertz CT molecular complexity index is 764. The summed E-state index contributed by atoms with van der Waals surface area (Å²) < 4.78 is 23.8. The van der Waals surface area contributed by atoms with Crippen molar-refractivity contribution in [1.29, 1.82) is 0 Å². The van der Waals surface area contributed by atoms with Crippen LogP contribution in [0.1, 0.15) is 73.3 Å². The number of rotatable bonds is 5. The van der Waals surface area contributed by atoms with Crippen LogP contribution in [-0.2, 0) is 18.8 Å². The fraction of sp³-hybridized carbons (Fsp3) is 0.727. The molecule has 1 aromatic rings. The van der Waals surface area contributed by atoms with E-state index in [9.17, 15) is 4.79 Å². The van der Waals surface area contributed by atoms with Gasteiger partial charge in [0.05, 0.1) is 11.2 Å². The second kappa shape index (κ2) is 7.27. The summed E-state index contributed by atoms with van der Waals surface area (Å²) in [6, 6.07) is 1.88. The predicted molar refractivity (Wildman–Crippen MR) is 112 cm³/mol. The highest BCUT2D eigenvalue weighted by atomic mass is 16.7. The number of nitrogens with zero attached hydrogens (tertiary/aromatic N) is 1. The van der Waals surface area contributed by atoms with Gasteiger partial charge in [-0.2, -0.15) is 0 Å². The molecule has 0 radical (unpaired) electrons. The van der Waals surface area contributed by atoms with Crippen molar-refractivity contribution in [1.82, 2.24) is 4.98 Å². The molecule has 2 heterocycles. The molecular formula is C22H34BNO5. The van der Waals surface area contributed by atoms with E-state index in [4.69, 9.17) is 18.8 Å². The lowest BCUT2D eigenvalue weighted by Gasteiger charge is -2.40. The van der Waals surface area contributed by atoms with Crippen LogP contribution in [0.3, 0.4) is 0 Å². The third-order valence-corrected chi connectivity index (χ3v) is 6.27. The summed E-state index contributed by atoms with van der Waals surface area (Å²) in [5.74, 6) is 0.319. The van der Waals surface area contributed by atoms with Crippen molar-refractivity contribution in [3.8, 4) is 5.88 Å². The quantitative estimate of drug-likeness (QED) is 0.553. The Balaban J connectivity index is 1.68. The average molecular weight is 403 g/mol. The summed E-state index contributed by atoms with van der Waals surface area (Å²) in [7, 11) is -0.457. The summed E-state index contributed by atoms with van der Waals surface area (Å²) in [6.07, 6.45) is 4.32. The second-order valence-electron chi connectivity index (χ2n) is 10.4. The molecule has 0 unspecified atom stereocenters. The van der Waals surface area contributed by atoms with Crippen LogP contribution in [0.15, 0.2) is 12.3 Å². The molecule has 2 aliphatic rings. The van der Waals surface area contributed by atoms with Crippen molar-refractivity contribution in [3.63, 3.8) is 0 Å². The summed E-state index contributed by atoms with van der Waals surface area (Å²) in [4.78, 5) is 17.1. The zero-order chi connectivity index (χ0) is 21.7. The van der Waals surface area contributed by atoms with E-state index in [0.29, 0.717) is 5.88 Å². The number of esters is 1. The summed E-state index contributed by atoms with van der Waals surface area (Å²) in [5.41, 5.74) is 0.00805. The first kappa shape index (κ1) is 22.1. The molecule has 7 heteroatoms. The van der Waals surface area contributed by atoms with E-state index in [0.717, 1.165) is 30.3 Å². The van der Waals surface area contributed by atoms with E-state index >= 15 is 0 Å². The predicted octanol–water partition coefficient (Wildman–Crippen LogP) is 3.58. The molecule has 6 nitrogen and oxygen atoms in total. The van der Waals surface area contributed by atoms with Gasteiger partial charge in [0, 0.05) is 17.7 Å². The highest BCUT2D eigenvalue weighted by Gasteiger charge is 2.52. The maximum atomic E-state index is 12.6. The lowest BCUT2D eigenvalue weighted by atomic mass is 9.69. The lowest BCUT2D eigenvalue weighted by Crippen LogP contribution is -2.46. The summed E-state index contributed by atoms with van der Waals surface area (Å²) in [5, 5.41) is 0. The number of pyridine rings is 1. The largest absolute Gasteiger partial charge is 0.496 e. The van der Waals surface area contributed by atoms with Crippen LogP contribution in [0, 0.1) is 12.3 Å². The molecule has 2 fully saturated rings. The highest BCUT2D eigenvalue weighted by Crippen LogP contribution is 2.43. The van der Waals surface area contributed by atoms with Gasteiger partial charge in [-0.15, -0.1) is 0 Å². The molecule has 29 heavy (non-hydrogen) atoms. The fourth-order valence-electron chi connectivity index (χ4n) is 3.45. The molecule has 0 bridgehead atoms. The van der Waals surface area contributed by atoms with E-state index in [2.05, 4.69) is 4.98 Å². The Morgan fingerprint density at radius 1 is 1.17 bits per heavy atom. The minimum atomic E-state index is -0.562. The third-order valence-electron chi connectivity index (χ3n) is 6.27. The lowest BCUT2D eigenvalue weighted by molar-refractivity contribution is -0.176. The molecule has 0 amide bonds. The number of aromatic nitrogens is 1. The third kappa shape index (κ3) is 4.46. The van der Waals surface area contributed by atoms with Crippen molar-refractivity contribution in [3.05, 3.63) is 17.8 Å². The fourth-order valence-corrected chi connectivity index (χ4v) is 3.45. The van der Waals surface area contributed by atoms with Gasteiger partial charge in [-0.25, -0.2) is 4.98 Å². The van der Waals surface area contributed by atoms with Crippen molar-refractivity contribution < 1.29 is 23.6 Å². The number of ether oxygens (including phenoxy) is 2. The Morgan fingerprint density at radius 2 is 1.76 bits per heavy atom. The van der Waals surface area contributed by atoms with Crippen molar-refractivity contribution in [2.24, 2.45) is 5.41 Å². The van der Waals surface area contributed by atoms with E-state index in [1.54, 1.807) is 6.20 Å². The first-order valence-corrected chi connectivity index (χ1v) is 10.4. The smallest absolute Gasteiger partial charge is 0.476 e. The van der Waals surface area contributed by atoms with E-state index in [1.807, 2.05) is 61.5 Å². The molecule has 3 rings (SSSR count). The van der Waals surface area contributed by atoms with Gasteiger partial charge in [0.1, 0.15) is 17.6 Å². The van der Waals surface area contributed by atoms with Crippen LogP contribution in [0.25, 0.3) is 0 Å². The molecule has 0 N–H and O–H groups in total. The SMILES string of the molecule is Cc1cc(OCC2(C(=O)OC(C)(C)C)CCC2)ncc1B1OC(C)(C)C(C)(C)O1. The maximum absolute atomic E-state index is 12.6. The standard InChI is InChI=1S/C22H34BNO5/c1-15-12-17(24-13-16(15)23-28-20(5,6)21(7,8)29-23)26-14-22(10-9-11-22)18(25)27-19(2,3)4/h12-13H,9-11,14H2,1-8H3. The Kier molecular flexibility index (Phi) is 5.54. The average Bonchev–Trinajstić information content (AvgIpc) is 2.72. The van der Waals surface area contributed by atoms with Gasteiger partial charge in [-0.3, -0.25) is 4.79 Å². The van der Waals surface area contributed by atoms with Crippen molar-refractivity contribution in [2.45, 2.75) is 91.5 Å². The van der Waals surface area contributed by atoms with E-state index < -0.39 is 29.3 Å². The van der Waals surface area contributed by atoms with Gasteiger partial charge in [0.2, 0.25) is 5.88 Å². The molecule has 1 saturated heterocycles. The van der Waals surface area contributed by atoms with Gasteiger partial charge >= 0.3 is 13.1 Å². The summed E-state index contributed by atoms with van der Waals surface area (Å²) in [6.45, 7) is 16.0. The number of hydrogen-bond acceptors (Lipinski definition) is 6. The van der Waals surface area contributed by atoms with Crippen molar-refractivity contribution in [2.75, 3.05) is 6.61 Å². The minimum absolute atomic E-state index is 0.179. The molecule has 1 saturated carbocycles. The van der Waals surface area contributed by atoms with Crippen LogP contribution >= 0.6 is 0 Å². The van der Waals surface area contributed by atoms with Crippen LogP contribution in [0.5, 0.6) is 5.88 Å². The number of carbonyl (C=O) groups excluding carboxylic acids is 1. The Hall–Kier alpha value is -1.60. The van der Waals surface area contributed by atoms with Crippen LogP contribution < -0.4 is 10.2 Å². The normalized spacial score (nSPS) is 22.1. The molecule has 1 aliphatic heterocycles. The van der Waals surface area contributed by atoms with Crippen LogP contribution in [0.4, 0.5) is 0 Å². The van der Waals surface area contributed by atoms with Crippen LogP contribution in [0.2, 0.25) is 0 Å². The molecule has 160 valence electrons. The van der Waals surface area contributed by atoms with Gasteiger partial charge in [0.15, 0.2) is 0 Å². The topological polar surface area (TPSA) is 66.9 Å². The molecule has 1 aromatic heterocycles. The number of hydrogen-bond donors (Lipinski definition) is 0. The number of aryl methyl sites for hydroxylation is 1. The van der Waals surface area contributed by atoms with E-state index in [1.165, 1.54) is 0 Å². The van der Waals surface area contributed by atoms with Gasteiger partial charge in [-0.05, 0) is 73.8 Å². The van der Waals surface area contributed by atoms with Gasteiger partial charge in [0.25, 0.3) is 0 Å². The monoisotopic (exact) mass is 403 g/mol. The first-order chi connectivity index (χ1) is 13.2. The molecule has 1 aliphatic carbocycles. The zero-order valence-corrected chi connectivity index (χ0v) is 19.0. The summed E-state index contributed by atoms with van der Waals surface area (Å²) >= 11 is 0. The van der Waals surface area contributed by atoms with Gasteiger partial charge in [-0.1, -0.05) is 6.42 Å². The maximum Gasteiger partial charge on any atom is 0.496 e. The first-order valence-electron chi connectivity index (χ1n) is 10.4. The van der Waals surface area contributed by atoms with Crippen LogP contribution in [-0.4, -0.2) is 41.5 Å². The van der Waals surface area contributed by atoms with Crippen molar-refractivity contribution >= 4 is 18.6 Å². The molecule has 0 spiro atoms. The molecule has 0 aromatic carbocycles. The molecule has 0 atom stereocenters. The van der Waals surface area contributed by atoms with E-state index in [-0.39, 0.29) is 12.6 Å². The minimum Gasteiger partial charge on any atom is -0.476 e. The van der Waals surface area contributed by atoms with Gasteiger partial charge < -0.3 is 18.8 Å².